The molecule has 0 heterocycles. The van der Waals surface area contributed by atoms with Crippen molar-refractivity contribution < 1.29 is 0 Å². The molecule has 0 saturated heterocycles. The molecule has 0 radical (unpaired) electrons. The minimum atomic E-state index is 0.674. The highest BCUT2D eigenvalue weighted by Gasteiger charge is 2.09. The molecule has 0 saturated carbocycles. The molecule has 1 atom stereocenters. The maximum absolute atomic E-state index is 3.30. The highest BCUT2D eigenvalue weighted by molar-refractivity contribution is 7.98. The van der Waals surface area contributed by atoms with Crippen LogP contribution in [0.15, 0.2) is 30.3 Å². The molecule has 1 aromatic rings. The lowest BCUT2D eigenvalue weighted by atomic mass is 9.93. The SMILES string of the molecule is CNCC(CCCCSC)c1ccccc1. The largest absolute Gasteiger partial charge is 0.319 e. The standard InChI is InChI=1S/C14H23NS/c1-15-12-14(10-6-7-11-16-2)13-8-4-3-5-9-13/h3-5,8-9,14-15H,6-7,10-12H2,1-2H3. The molecular weight excluding hydrogens is 214 g/mol. The van der Waals surface area contributed by atoms with Crippen LogP contribution in [0.2, 0.25) is 0 Å². The van der Waals surface area contributed by atoms with Crippen LogP contribution in [0.5, 0.6) is 0 Å². The lowest BCUT2D eigenvalue weighted by Gasteiger charge is -2.16. The molecule has 0 spiro atoms. The van der Waals surface area contributed by atoms with Gasteiger partial charge in [0.25, 0.3) is 0 Å². The molecule has 0 bridgehead atoms. The monoisotopic (exact) mass is 237 g/mol. The van der Waals surface area contributed by atoms with Gasteiger partial charge in [-0.2, -0.15) is 11.8 Å². The lowest BCUT2D eigenvalue weighted by Crippen LogP contribution is -2.17. The van der Waals surface area contributed by atoms with Crippen LogP contribution < -0.4 is 5.32 Å². The van der Waals surface area contributed by atoms with Gasteiger partial charge >= 0.3 is 0 Å². The van der Waals surface area contributed by atoms with Crippen LogP contribution in [0.4, 0.5) is 0 Å². The third-order valence-electron chi connectivity index (χ3n) is 2.87. The summed E-state index contributed by atoms with van der Waals surface area (Å²) in [6, 6.07) is 10.9. The first kappa shape index (κ1) is 13.6. The fraction of sp³-hybridized carbons (Fsp3) is 0.571. The van der Waals surface area contributed by atoms with Crippen molar-refractivity contribution in [2.75, 3.05) is 25.6 Å². The Morgan fingerprint density at radius 1 is 1.19 bits per heavy atom. The molecule has 2 heteroatoms. The molecule has 16 heavy (non-hydrogen) atoms. The molecule has 90 valence electrons. The Bertz CT molecular complexity index is 261. The van der Waals surface area contributed by atoms with E-state index in [1.165, 1.54) is 30.6 Å². The normalized spacial score (nSPS) is 12.6. The Hall–Kier alpha value is -0.470. The second-order valence-electron chi connectivity index (χ2n) is 4.15. The van der Waals surface area contributed by atoms with E-state index in [1.54, 1.807) is 0 Å². The van der Waals surface area contributed by atoms with E-state index in [4.69, 9.17) is 0 Å². The number of hydrogen-bond donors (Lipinski definition) is 1. The first-order valence-corrected chi connectivity index (χ1v) is 7.46. The summed E-state index contributed by atoms with van der Waals surface area (Å²) in [7, 11) is 2.04. The van der Waals surface area contributed by atoms with Gasteiger partial charge in [0.1, 0.15) is 0 Å². The van der Waals surface area contributed by atoms with Gasteiger partial charge in [0, 0.05) is 6.54 Å². The maximum Gasteiger partial charge on any atom is 0.00171 e. The Kier molecular flexibility index (Phi) is 7.35. The fourth-order valence-electron chi connectivity index (χ4n) is 2.00. The van der Waals surface area contributed by atoms with Gasteiger partial charge in [-0.1, -0.05) is 36.8 Å². The number of nitrogens with one attached hydrogen (secondary N) is 1. The Labute approximate surface area is 104 Å². The summed E-state index contributed by atoms with van der Waals surface area (Å²) >= 11 is 1.95. The summed E-state index contributed by atoms with van der Waals surface area (Å²) in [5.41, 5.74) is 1.47. The van der Waals surface area contributed by atoms with Crippen molar-refractivity contribution in [2.45, 2.75) is 25.2 Å². The van der Waals surface area contributed by atoms with Crippen molar-refractivity contribution in [3.63, 3.8) is 0 Å². The zero-order valence-corrected chi connectivity index (χ0v) is 11.2. The van der Waals surface area contributed by atoms with Gasteiger partial charge in [0.05, 0.1) is 0 Å². The van der Waals surface area contributed by atoms with E-state index in [1.807, 2.05) is 18.8 Å². The third-order valence-corrected chi connectivity index (χ3v) is 3.57. The van der Waals surface area contributed by atoms with E-state index in [9.17, 15) is 0 Å². The Morgan fingerprint density at radius 3 is 2.56 bits per heavy atom. The van der Waals surface area contributed by atoms with Crippen molar-refractivity contribution in [3.05, 3.63) is 35.9 Å². The fourth-order valence-corrected chi connectivity index (χ4v) is 2.49. The minimum absolute atomic E-state index is 0.674. The van der Waals surface area contributed by atoms with Gasteiger partial charge in [0.15, 0.2) is 0 Å². The summed E-state index contributed by atoms with van der Waals surface area (Å²) in [5.74, 6) is 1.97. The Morgan fingerprint density at radius 2 is 1.94 bits per heavy atom. The minimum Gasteiger partial charge on any atom is -0.319 e. The number of rotatable bonds is 8. The molecule has 1 nitrogen and oxygen atoms in total. The number of unbranched alkanes of at least 4 members (excludes halogenated alkanes) is 1. The third kappa shape index (κ3) is 5.04. The van der Waals surface area contributed by atoms with Crippen LogP contribution in [0.1, 0.15) is 30.7 Å². The molecule has 0 aliphatic carbocycles. The maximum atomic E-state index is 3.30. The molecule has 1 rings (SSSR count). The van der Waals surface area contributed by atoms with E-state index in [2.05, 4.69) is 41.9 Å². The van der Waals surface area contributed by atoms with Crippen LogP contribution in [0, 0.1) is 0 Å². The highest BCUT2D eigenvalue weighted by atomic mass is 32.2. The van der Waals surface area contributed by atoms with Gasteiger partial charge in [0.2, 0.25) is 0 Å². The van der Waals surface area contributed by atoms with Crippen molar-refractivity contribution >= 4 is 11.8 Å². The molecule has 1 aromatic carbocycles. The molecule has 1 unspecified atom stereocenters. The van der Waals surface area contributed by atoms with Crippen LogP contribution >= 0.6 is 11.8 Å². The summed E-state index contributed by atoms with van der Waals surface area (Å²) < 4.78 is 0. The predicted molar refractivity (Wildman–Crippen MR) is 75.3 cm³/mol. The van der Waals surface area contributed by atoms with Crippen molar-refractivity contribution in [1.82, 2.24) is 5.32 Å². The molecule has 0 aliphatic rings. The van der Waals surface area contributed by atoms with E-state index >= 15 is 0 Å². The van der Waals surface area contributed by atoms with Crippen molar-refractivity contribution in [2.24, 2.45) is 0 Å². The van der Waals surface area contributed by atoms with E-state index < -0.39 is 0 Å². The van der Waals surface area contributed by atoms with Crippen LogP contribution in [-0.2, 0) is 0 Å². The molecule has 0 aliphatic heterocycles. The van der Waals surface area contributed by atoms with Crippen LogP contribution in [-0.4, -0.2) is 25.6 Å². The number of likely N-dealkylation sites (N-methyl/N-ethyl adjacent to an activating group) is 1. The van der Waals surface area contributed by atoms with E-state index in [-0.39, 0.29) is 0 Å². The summed E-state index contributed by atoms with van der Waals surface area (Å²) in [6.07, 6.45) is 6.16. The number of thioether (sulfide) groups is 1. The average Bonchev–Trinajstić information content (AvgIpc) is 2.34. The summed E-state index contributed by atoms with van der Waals surface area (Å²) in [4.78, 5) is 0. The van der Waals surface area contributed by atoms with Crippen molar-refractivity contribution in [3.8, 4) is 0 Å². The van der Waals surface area contributed by atoms with Gasteiger partial charge < -0.3 is 5.32 Å². The van der Waals surface area contributed by atoms with E-state index in [0.717, 1.165) is 6.54 Å². The second kappa shape index (κ2) is 8.66. The first-order chi connectivity index (χ1) is 7.88. The van der Waals surface area contributed by atoms with Crippen LogP contribution in [0.25, 0.3) is 0 Å². The number of hydrogen-bond acceptors (Lipinski definition) is 2. The lowest BCUT2D eigenvalue weighted by molar-refractivity contribution is 0.557. The molecule has 0 aromatic heterocycles. The second-order valence-corrected chi connectivity index (χ2v) is 5.14. The van der Waals surface area contributed by atoms with Gasteiger partial charge in [-0.05, 0) is 43.4 Å². The zero-order valence-electron chi connectivity index (χ0n) is 10.4. The first-order valence-electron chi connectivity index (χ1n) is 6.07. The molecular formula is C14H23NS. The van der Waals surface area contributed by atoms with Gasteiger partial charge in [-0.25, -0.2) is 0 Å². The van der Waals surface area contributed by atoms with Gasteiger partial charge in [-0.15, -0.1) is 0 Å². The quantitative estimate of drug-likeness (QED) is 0.694. The van der Waals surface area contributed by atoms with E-state index in [0.29, 0.717) is 5.92 Å². The number of benzene rings is 1. The molecule has 1 N–H and O–H groups in total. The molecule has 0 amide bonds. The Balaban J connectivity index is 2.41. The molecule has 0 fully saturated rings. The summed E-state index contributed by atoms with van der Waals surface area (Å²) in [5, 5.41) is 3.30. The topological polar surface area (TPSA) is 12.0 Å². The zero-order chi connectivity index (χ0) is 11.6. The predicted octanol–water partition coefficient (Wildman–Crippen LogP) is 3.52. The van der Waals surface area contributed by atoms with Gasteiger partial charge in [-0.3, -0.25) is 0 Å². The van der Waals surface area contributed by atoms with Crippen molar-refractivity contribution in [1.29, 1.82) is 0 Å². The average molecular weight is 237 g/mol. The highest BCUT2D eigenvalue weighted by Crippen LogP contribution is 2.21. The summed E-state index contributed by atoms with van der Waals surface area (Å²) in [6.45, 7) is 1.09. The smallest absolute Gasteiger partial charge is 0.00171 e. The van der Waals surface area contributed by atoms with Crippen LogP contribution in [0.3, 0.4) is 0 Å².